The van der Waals surface area contributed by atoms with Crippen molar-refractivity contribution in [2.75, 3.05) is 6.61 Å². The van der Waals surface area contributed by atoms with Crippen LogP contribution in [0.25, 0.3) is 11.3 Å². The zero-order chi connectivity index (χ0) is 16.8. The Labute approximate surface area is 138 Å². The van der Waals surface area contributed by atoms with E-state index in [0.717, 1.165) is 12.6 Å². The van der Waals surface area contributed by atoms with Gasteiger partial charge in [-0.05, 0) is 56.0 Å². The number of rotatable bonds is 7. The predicted molar refractivity (Wildman–Crippen MR) is 83.4 cm³/mol. The molecular formula is C16H17ClF2N2O2. The van der Waals surface area contributed by atoms with Crippen LogP contribution in [0.2, 0.25) is 5.28 Å². The van der Waals surface area contributed by atoms with Gasteiger partial charge in [-0.1, -0.05) is 0 Å². The summed E-state index contributed by atoms with van der Waals surface area (Å²) in [6.45, 7) is 2.02. The Morgan fingerprint density at radius 3 is 2.78 bits per heavy atom. The lowest BCUT2D eigenvalue weighted by Gasteiger charge is -2.10. The van der Waals surface area contributed by atoms with E-state index in [2.05, 4.69) is 9.97 Å². The fraction of sp³-hybridized carbons (Fsp3) is 0.375. The van der Waals surface area contributed by atoms with E-state index in [4.69, 9.17) is 21.4 Å². The van der Waals surface area contributed by atoms with Gasteiger partial charge in [-0.2, -0.15) is 0 Å². The maximum Gasteiger partial charge on any atom is 0.223 e. The maximum atomic E-state index is 13.8. The average molecular weight is 343 g/mol. The summed E-state index contributed by atoms with van der Waals surface area (Å²) in [5.41, 5.74) is 0.344. The standard InChI is InChI=1S/C16H17ClF2N2O2/c1-10(22)4-2-3-7-23-14-8-11(5-6-12(14)18)15-13(19)9-20-16(17)21-15/h5-6,8-10,22H,2-4,7H2,1H3. The Hall–Kier alpha value is -1.79. The molecule has 1 aromatic heterocycles. The lowest BCUT2D eigenvalue weighted by molar-refractivity contribution is 0.176. The molecule has 23 heavy (non-hydrogen) atoms. The first-order chi connectivity index (χ1) is 11.0. The molecule has 0 amide bonds. The normalized spacial score (nSPS) is 12.2. The third-order valence-corrected chi connectivity index (χ3v) is 3.38. The average Bonchev–Trinajstić information content (AvgIpc) is 2.51. The van der Waals surface area contributed by atoms with Gasteiger partial charge in [-0.15, -0.1) is 0 Å². The molecule has 1 N–H and O–H groups in total. The number of aromatic nitrogens is 2. The van der Waals surface area contributed by atoms with Crippen LogP contribution in [0.3, 0.4) is 0 Å². The Kier molecular flexibility index (Phi) is 6.24. The Balaban J connectivity index is 2.08. The van der Waals surface area contributed by atoms with E-state index in [0.29, 0.717) is 25.0 Å². The minimum Gasteiger partial charge on any atom is -0.490 e. The second-order valence-corrected chi connectivity index (χ2v) is 5.51. The van der Waals surface area contributed by atoms with Crippen molar-refractivity contribution >= 4 is 11.6 Å². The number of nitrogens with zero attached hydrogens (tertiary/aromatic N) is 2. The van der Waals surface area contributed by atoms with Crippen molar-refractivity contribution in [1.29, 1.82) is 0 Å². The summed E-state index contributed by atoms with van der Waals surface area (Å²) >= 11 is 5.67. The molecule has 1 aromatic carbocycles. The zero-order valence-corrected chi connectivity index (χ0v) is 13.4. The molecule has 0 bridgehead atoms. The molecule has 0 aliphatic rings. The number of hydrogen-bond acceptors (Lipinski definition) is 4. The van der Waals surface area contributed by atoms with Crippen molar-refractivity contribution in [1.82, 2.24) is 9.97 Å². The molecule has 1 atom stereocenters. The van der Waals surface area contributed by atoms with E-state index in [1.165, 1.54) is 18.2 Å². The summed E-state index contributed by atoms with van der Waals surface area (Å²) in [4.78, 5) is 7.36. The lowest BCUT2D eigenvalue weighted by atomic mass is 10.1. The Morgan fingerprint density at radius 1 is 1.26 bits per heavy atom. The summed E-state index contributed by atoms with van der Waals surface area (Å²) in [5, 5.41) is 9.07. The zero-order valence-electron chi connectivity index (χ0n) is 12.6. The van der Waals surface area contributed by atoms with Gasteiger partial charge >= 0.3 is 0 Å². The van der Waals surface area contributed by atoms with Crippen LogP contribution in [0.1, 0.15) is 26.2 Å². The highest BCUT2D eigenvalue weighted by molar-refractivity contribution is 6.28. The molecule has 4 nitrogen and oxygen atoms in total. The number of benzene rings is 1. The molecule has 124 valence electrons. The molecule has 0 aliphatic carbocycles. The molecule has 0 fully saturated rings. The Bertz CT molecular complexity index is 669. The molecule has 1 heterocycles. The third kappa shape index (κ3) is 5.11. The van der Waals surface area contributed by atoms with Gasteiger partial charge in [0.2, 0.25) is 5.28 Å². The number of unbranched alkanes of at least 4 members (excludes halogenated alkanes) is 1. The van der Waals surface area contributed by atoms with Crippen molar-refractivity contribution in [2.24, 2.45) is 0 Å². The van der Waals surface area contributed by atoms with Crippen LogP contribution in [0, 0.1) is 11.6 Å². The maximum absolute atomic E-state index is 13.8. The SMILES string of the molecule is CC(O)CCCCOc1cc(-c2nc(Cl)ncc2F)ccc1F. The van der Waals surface area contributed by atoms with Gasteiger partial charge < -0.3 is 9.84 Å². The van der Waals surface area contributed by atoms with E-state index in [9.17, 15) is 8.78 Å². The van der Waals surface area contributed by atoms with Crippen LogP contribution < -0.4 is 4.74 Å². The third-order valence-electron chi connectivity index (χ3n) is 3.19. The summed E-state index contributed by atoms with van der Waals surface area (Å²) in [6, 6.07) is 3.97. The Morgan fingerprint density at radius 2 is 2.04 bits per heavy atom. The number of halogens is 3. The van der Waals surface area contributed by atoms with Crippen molar-refractivity contribution in [3.8, 4) is 17.0 Å². The van der Waals surface area contributed by atoms with E-state index < -0.39 is 11.6 Å². The molecule has 0 radical (unpaired) electrons. The van der Waals surface area contributed by atoms with Crippen LogP contribution in [-0.2, 0) is 0 Å². The fourth-order valence-electron chi connectivity index (χ4n) is 2.03. The van der Waals surface area contributed by atoms with Crippen LogP contribution in [0.15, 0.2) is 24.4 Å². The molecule has 0 saturated heterocycles. The second kappa shape index (κ2) is 8.17. The van der Waals surface area contributed by atoms with E-state index in [-0.39, 0.29) is 22.8 Å². The number of hydrogen-bond donors (Lipinski definition) is 1. The largest absolute Gasteiger partial charge is 0.490 e. The summed E-state index contributed by atoms with van der Waals surface area (Å²) in [6.07, 6.45) is 2.72. The number of ether oxygens (including phenoxy) is 1. The van der Waals surface area contributed by atoms with Gasteiger partial charge in [0.05, 0.1) is 18.9 Å². The van der Waals surface area contributed by atoms with Crippen molar-refractivity contribution in [2.45, 2.75) is 32.3 Å². The topological polar surface area (TPSA) is 55.2 Å². The molecule has 2 aromatic rings. The van der Waals surface area contributed by atoms with Crippen LogP contribution >= 0.6 is 11.6 Å². The van der Waals surface area contributed by atoms with E-state index in [1.807, 2.05) is 0 Å². The predicted octanol–water partition coefficient (Wildman–Crippen LogP) is 4.01. The smallest absolute Gasteiger partial charge is 0.223 e. The summed E-state index contributed by atoms with van der Waals surface area (Å²) in [7, 11) is 0. The van der Waals surface area contributed by atoms with Crippen molar-refractivity contribution in [3.63, 3.8) is 0 Å². The molecule has 2 rings (SSSR count). The molecule has 1 unspecified atom stereocenters. The second-order valence-electron chi connectivity index (χ2n) is 5.17. The molecule has 0 aliphatic heterocycles. The first-order valence-corrected chi connectivity index (χ1v) is 7.64. The molecular weight excluding hydrogens is 326 g/mol. The van der Waals surface area contributed by atoms with Gasteiger partial charge in [0.25, 0.3) is 0 Å². The van der Waals surface area contributed by atoms with Crippen molar-refractivity contribution < 1.29 is 18.6 Å². The van der Waals surface area contributed by atoms with Crippen molar-refractivity contribution in [3.05, 3.63) is 41.3 Å². The van der Waals surface area contributed by atoms with E-state index >= 15 is 0 Å². The summed E-state index contributed by atoms with van der Waals surface area (Å²) < 4.78 is 33.0. The van der Waals surface area contributed by atoms with E-state index in [1.54, 1.807) is 6.92 Å². The fourth-order valence-corrected chi connectivity index (χ4v) is 2.17. The molecule has 0 spiro atoms. The van der Waals surface area contributed by atoms with Crippen LogP contribution in [0.5, 0.6) is 5.75 Å². The minimum atomic E-state index is -0.649. The van der Waals surface area contributed by atoms with Gasteiger partial charge in [0, 0.05) is 5.56 Å². The van der Waals surface area contributed by atoms with Gasteiger partial charge in [0.15, 0.2) is 17.4 Å². The molecule has 7 heteroatoms. The monoisotopic (exact) mass is 342 g/mol. The van der Waals surface area contributed by atoms with Crippen LogP contribution in [0.4, 0.5) is 8.78 Å². The summed E-state index contributed by atoms with van der Waals surface area (Å²) in [5.74, 6) is -1.16. The quantitative estimate of drug-likeness (QED) is 0.610. The highest BCUT2D eigenvalue weighted by atomic mass is 35.5. The first kappa shape index (κ1) is 17.6. The van der Waals surface area contributed by atoms with Gasteiger partial charge in [-0.3, -0.25) is 0 Å². The highest BCUT2D eigenvalue weighted by Gasteiger charge is 2.12. The van der Waals surface area contributed by atoms with Gasteiger partial charge in [0.1, 0.15) is 5.69 Å². The lowest BCUT2D eigenvalue weighted by Crippen LogP contribution is -2.03. The van der Waals surface area contributed by atoms with Gasteiger partial charge in [-0.25, -0.2) is 18.7 Å². The minimum absolute atomic E-state index is 0.0102. The number of aliphatic hydroxyl groups excluding tert-OH is 1. The first-order valence-electron chi connectivity index (χ1n) is 7.26. The van der Waals surface area contributed by atoms with Crippen LogP contribution in [-0.4, -0.2) is 27.8 Å². The molecule has 0 saturated carbocycles. The highest BCUT2D eigenvalue weighted by Crippen LogP contribution is 2.27. The number of aliphatic hydroxyl groups is 1.